The van der Waals surface area contributed by atoms with Crippen LogP contribution < -0.4 is 0 Å². The van der Waals surface area contributed by atoms with Crippen LogP contribution in [-0.2, 0) is 12.3 Å². The second-order valence-electron chi connectivity index (χ2n) is 5.25. The largest absolute Gasteiger partial charge is 0.366 e. The number of rotatable bonds is 4. The van der Waals surface area contributed by atoms with Crippen molar-refractivity contribution in [1.29, 1.82) is 0 Å². The first-order valence-corrected chi connectivity index (χ1v) is 8.36. The zero-order valence-corrected chi connectivity index (χ0v) is 13.7. The molecule has 7 heteroatoms. The number of thioether (sulfide) groups is 1. The highest BCUT2D eigenvalue weighted by atomic mass is 32.2. The Balaban J connectivity index is 1.96. The second kappa shape index (κ2) is 6.27. The summed E-state index contributed by atoms with van der Waals surface area (Å²) in [5, 5.41) is 22.1. The molecule has 1 unspecified atom stereocenters. The SMILES string of the molecule is O=[N+]([O-])c1cccc(C2(O)CSC(=S)N2Cc2ccccc2)c1. The van der Waals surface area contributed by atoms with Gasteiger partial charge in [-0.05, 0) is 5.56 Å². The van der Waals surface area contributed by atoms with Gasteiger partial charge in [0.2, 0.25) is 0 Å². The van der Waals surface area contributed by atoms with Crippen LogP contribution in [0.5, 0.6) is 0 Å². The van der Waals surface area contributed by atoms with Crippen LogP contribution in [0.4, 0.5) is 5.69 Å². The van der Waals surface area contributed by atoms with Crippen molar-refractivity contribution in [2.45, 2.75) is 12.3 Å². The molecule has 118 valence electrons. The van der Waals surface area contributed by atoms with Crippen LogP contribution in [0.2, 0.25) is 0 Å². The van der Waals surface area contributed by atoms with E-state index in [1.165, 1.54) is 23.9 Å². The second-order valence-corrected chi connectivity index (χ2v) is 6.86. The Morgan fingerprint density at radius 3 is 2.70 bits per heavy atom. The minimum absolute atomic E-state index is 0.0431. The lowest BCUT2D eigenvalue weighted by Gasteiger charge is -2.34. The Labute approximate surface area is 143 Å². The normalized spacial score (nSPS) is 20.7. The summed E-state index contributed by atoms with van der Waals surface area (Å²) in [7, 11) is 0. The molecule has 2 aromatic rings. The van der Waals surface area contributed by atoms with Crippen LogP contribution in [0.3, 0.4) is 0 Å². The molecule has 5 nitrogen and oxygen atoms in total. The van der Waals surface area contributed by atoms with E-state index in [2.05, 4.69) is 0 Å². The summed E-state index contributed by atoms with van der Waals surface area (Å²) in [6, 6.07) is 15.8. The van der Waals surface area contributed by atoms with E-state index in [0.29, 0.717) is 22.2 Å². The fraction of sp³-hybridized carbons (Fsp3) is 0.188. The van der Waals surface area contributed by atoms with E-state index in [1.54, 1.807) is 17.0 Å². The standard InChI is InChI=1S/C16H14N2O3S2/c19-16(13-7-4-8-14(9-13)18(20)21)11-23-15(22)17(16)10-12-5-2-1-3-6-12/h1-9,19H,10-11H2. The van der Waals surface area contributed by atoms with Crippen LogP contribution in [0.15, 0.2) is 54.6 Å². The highest BCUT2D eigenvalue weighted by molar-refractivity contribution is 8.23. The molecular weight excluding hydrogens is 332 g/mol. The fourth-order valence-electron chi connectivity index (χ4n) is 2.54. The molecule has 0 radical (unpaired) electrons. The van der Waals surface area contributed by atoms with E-state index < -0.39 is 10.6 Å². The summed E-state index contributed by atoms with van der Waals surface area (Å²) in [5.41, 5.74) is 0.110. The first-order chi connectivity index (χ1) is 11.0. The fourth-order valence-corrected chi connectivity index (χ4v) is 3.95. The Hall–Kier alpha value is -1.96. The molecular formula is C16H14N2O3S2. The zero-order valence-electron chi connectivity index (χ0n) is 12.1. The van der Waals surface area contributed by atoms with Crippen molar-refractivity contribution in [3.05, 3.63) is 75.8 Å². The minimum atomic E-state index is -1.34. The maximum Gasteiger partial charge on any atom is 0.269 e. The molecule has 0 aliphatic carbocycles. The first kappa shape index (κ1) is 15.9. The number of non-ortho nitro benzene ring substituents is 1. The van der Waals surface area contributed by atoms with E-state index >= 15 is 0 Å². The maximum atomic E-state index is 11.2. The predicted molar refractivity (Wildman–Crippen MR) is 94.0 cm³/mol. The monoisotopic (exact) mass is 346 g/mol. The smallest absolute Gasteiger partial charge is 0.269 e. The summed E-state index contributed by atoms with van der Waals surface area (Å²) in [6.45, 7) is 0.450. The molecule has 1 aliphatic heterocycles. The Bertz CT molecular complexity index is 754. The minimum Gasteiger partial charge on any atom is -0.366 e. The maximum absolute atomic E-state index is 11.2. The highest BCUT2D eigenvalue weighted by Gasteiger charge is 2.44. The lowest BCUT2D eigenvalue weighted by atomic mass is 10.0. The number of benzene rings is 2. The van der Waals surface area contributed by atoms with Gasteiger partial charge < -0.3 is 10.0 Å². The van der Waals surface area contributed by atoms with Gasteiger partial charge in [0.25, 0.3) is 5.69 Å². The lowest BCUT2D eigenvalue weighted by molar-refractivity contribution is -0.385. The van der Waals surface area contributed by atoms with Crippen LogP contribution in [0.1, 0.15) is 11.1 Å². The van der Waals surface area contributed by atoms with Gasteiger partial charge in [0.15, 0.2) is 5.72 Å². The topological polar surface area (TPSA) is 66.6 Å². The van der Waals surface area contributed by atoms with Gasteiger partial charge in [-0.1, -0.05) is 66.4 Å². The van der Waals surface area contributed by atoms with Gasteiger partial charge >= 0.3 is 0 Å². The van der Waals surface area contributed by atoms with Gasteiger partial charge in [0.1, 0.15) is 4.32 Å². The summed E-state index contributed by atoms with van der Waals surface area (Å²) in [6.07, 6.45) is 0. The average Bonchev–Trinajstić information content (AvgIpc) is 2.85. The molecule has 23 heavy (non-hydrogen) atoms. The molecule has 0 aromatic heterocycles. The number of nitro groups is 1. The molecule has 0 bridgehead atoms. The molecule has 0 amide bonds. The Morgan fingerprint density at radius 1 is 1.26 bits per heavy atom. The van der Waals surface area contributed by atoms with Gasteiger partial charge in [-0.3, -0.25) is 10.1 Å². The molecule has 2 aromatic carbocycles. The zero-order chi connectivity index (χ0) is 16.4. The summed E-state index contributed by atoms with van der Waals surface area (Å²) < 4.78 is 0.586. The lowest BCUT2D eigenvalue weighted by Crippen LogP contribution is -2.44. The number of nitrogens with zero attached hydrogens (tertiary/aromatic N) is 2. The van der Waals surface area contributed by atoms with Crippen molar-refractivity contribution >= 4 is 34.0 Å². The summed E-state index contributed by atoms with van der Waals surface area (Å²) in [5.74, 6) is 0.347. The molecule has 1 saturated heterocycles. The number of aliphatic hydroxyl groups is 1. The Kier molecular flexibility index (Phi) is 4.34. The first-order valence-electron chi connectivity index (χ1n) is 6.96. The van der Waals surface area contributed by atoms with E-state index in [-0.39, 0.29) is 5.69 Å². The van der Waals surface area contributed by atoms with Gasteiger partial charge in [-0.25, -0.2) is 0 Å². The summed E-state index contributed by atoms with van der Waals surface area (Å²) in [4.78, 5) is 12.2. The van der Waals surface area contributed by atoms with E-state index in [0.717, 1.165) is 5.56 Å². The Morgan fingerprint density at radius 2 is 2.00 bits per heavy atom. The third kappa shape index (κ3) is 3.08. The molecule has 1 aliphatic rings. The molecule has 0 spiro atoms. The molecule has 1 N–H and O–H groups in total. The van der Waals surface area contributed by atoms with Crippen molar-refractivity contribution < 1.29 is 10.0 Å². The van der Waals surface area contributed by atoms with Crippen LogP contribution >= 0.6 is 24.0 Å². The predicted octanol–water partition coefficient (Wildman–Crippen LogP) is 3.27. The van der Waals surface area contributed by atoms with Crippen LogP contribution in [0, 0.1) is 10.1 Å². The molecule has 1 atom stereocenters. The van der Waals surface area contributed by atoms with Gasteiger partial charge in [0, 0.05) is 24.2 Å². The molecule has 3 rings (SSSR count). The third-order valence-corrected chi connectivity index (χ3v) is 5.35. The number of hydrogen-bond acceptors (Lipinski definition) is 5. The van der Waals surface area contributed by atoms with Gasteiger partial charge in [0.05, 0.1) is 10.7 Å². The average molecular weight is 346 g/mol. The highest BCUT2D eigenvalue weighted by Crippen LogP contribution is 2.40. The van der Waals surface area contributed by atoms with Crippen molar-refractivity contribution in [3.63, 3.8) is 0 Å². The molecule has 0 saturated carbocycles. The number of thiocarbonyl (C=S) groups is 1. The summed E-state index contributed by atoms with van der Waals surface area (Å²) >= 11 is 6.75. The van der Waals surface area contributed by atoms with Crippen molar-refractivity contribution in [3.8, 4) is 0 Å². The van der Waals surface area contributed by atoms with E-state index in [4.69, 9.17) is 12.2 Å². The van der Waals surface area contributed by atoms with Crippen molar-refractivity contribution in [2.75, 3.05) is 5.75 Å². The number of hydrogen-bond donors (Lipinski definition) is 1. The quantitative estimate of drug-likeness (QED) is 0.521. The third-order valence-electron chi connectivity index (χ3n) is 3.77. The van der Waals surface area contributed by atoms with Gasteiger partial charge in [-0.15, -0.1) is 0 Å². The van der Waals surface area contributed by atoms with Crippen molar-refractivity contribution in [2.24, 2.45) is 0 Å². The van der Waals surface area contributed by atoms with Gasteiger partial charge in [-0.2, -0.15) is 0 Å². The molecule has 1 fully saturated rings. The van der Waals surface area contributed by atoms with Crippen LogP contribution in [0.25, 0.3) is 0 Å². The van der Waals surface area contributed by atoms with Crippen LogP contribution in [-0.4, -0.2) is 25.0 Å². The van der Waals surface area contributed by atoms with E-state index in [9.17, 15) is 15.2 Å². The number of nitro benzene ring substituents is 1. The van der Waals surface area contributed by atoms with E-state index in [1.807, 2.05) is 30.3 Å². The molecule has 1 heterocycles. The van der Waals surface area contributed by atoms with Crippen molar-refractivity contribution in [1.82, 2.24) is 4.90 Å².